The lowest BCUT2D eigenvalue weighted by Crippen LogP contribution is -2.70. The van der Waals surface area contributed by atoms with Crippen LogP contribution in [0.25, 0.3) is 0 Å². The standard InChI is InChI=1S/C34H34N2O5S2/c37-28(20-23-12-4-1-5-13-23)35-29-32(38)36-30(27(22-43-33(29)36)42-21-26-18-10-11-19-40-26)34(39)41-31(24-14-6-2-7-15-24)25-16-8-3-9-17-25/h1-9,12-17,26,29,31,33H,10-11,18-22H2,(H,35,37). The largest absolute Gasteiger partial charge is 0.448 e. The van der Waals surface area contributed by atoms with Gasteiger partial charge in [0.05, 0.1) is 12.5 Å². The maximum atomic E-state index is 14.1. The fourth-order valence-corrected chi connectivity index (χ4v) is 8.28. The molecule has 3 atom stereocenters. The summed E-state index contributed by atoms with van der Waals surface area (Å²) < 4.78 is 12.2. The average Bonchev–Trinajstić information content (AvgIpc) is 3.06. The molecule has 3 aliphatic heterocycles. The van der Waals surface area contributed by atoms with Crippen LogP contribution in [0.3, 0.4) is 0 Å². The van der Waals surface area contributed by atoms with Crippen LogP contribution in [0, 0.1) is 0 Å². The lowest BCUT2D eigenvalue weighted by atomic mass is 10.0. The quantitative estimate of drug-likeness (QED) is 0.239. The van der Waals surface area contributed by atoms with Crippen molar-refractivity contribution in [2.75, 3.05) is 18.1 Å². The van der Waals surface area contributed by atoms with Crippen LogP contribution in [0.2, 0.25) is 0 Å². The minimum Gasteiger partial charge on any atom is -0.448 e. The second-order valence-corrected chi connectivity index (χ2v) is 13.0. The Labute approximate surface area is 260 Å². The Morgan fingerprint density at radius 2 is 1.60 bits per heavy atom. The van der Waals surface area contributed by atoms with Crippen LogP contribution in [-0.2, 0) is 30.3 Å². The highest BCUT2D eigenvalue weighted by Gasteiger charge is 2.54. The summed E-state index contributed by atoms with van der Waals surface area (Å²) >= 11 is 3.13. The molecule has 0 spiro atoms. The fourth-order valence-electron chi connectivity index (χ4n) is 5.58. The second-order valence-electron chi connectivity index (χ2n) is 10.8. The zero-order valence-electron chi connectivity index (χ0n) is 23.7. The molecule has 3 aromatic rings. The number of β-lactam (4-membered cyclic amide) rings is 1. The summed E-state index contributed by atoms with van der Waals surface area (Å²) in [6.45, 7) is 0.751. The van der Waals surface area contributed by atoms with E-state index in [-0.39, 0.29) is 35.4 Å². The van der Waals surface area contributed by atoms with E-state index in [2.05, 4.69) is 5.32 Å². The van der Waals surface area contributed by atoms with Crippen molar-refractivity contribution in [3.8, 4) is 0 Å². The van der Waals surface area contributed by atoms with Crippen molar-refractivity contribution in [2.24, 2.45) is 0 Å². The number of ether oxygens (including phenoxy) is 2. The average molecular weight is 615 g/mol. The highest BCUT2D eigenvalue weighted by Crippen LogP contribution is 2.45. The summed E-state index contributed by atoms with van der Waals surface area (Å²) in [5.74, 6) is 0.187. The molecule has 2 fully saturated rings. The molecule has 0 bridgehead atoms. The van der Waals surface area contributed by atoms with Gasteiger partial charge in [-0.05, 0) is 36.0 Å². The third-order valence-corrected chi connectivity index (χ3v) is 10.5. The van der Waals surface area contributed by atoms with Crippen molar-refractivity contribution in [2.45, 2.75) is 49.3 Å². The van der Waals surface area contributed by atoms with Crippen LogP contribution in [-0.4, -0.2) is 58.3 Å². The molecule has 7 nitrogen and oxygen atoms in total. The highest BCUT2D eigenvalue weighted by atomic mass is 32.2. The predicted molar refractivity (Wildman–Crippen MR) is 169 cm³/mol. The number of thioether (sulfide) groups is 2. The number of amides is 2. The van der Waals surface area contributed by atoms with Gasteiger partial charge in [-0.1, -0.05) is 91.0 Å². The van der Waals surface area contributed by atoms with Gasteiger partial charge in [0.15, 0.2) is 6.10 Å². The van der Waals surface area contributed by atoms with Crippen LogP contribution in [0.5, 0.6) is 0 Å². The molecular weight excluding hydrogens is 581 g/mol. The number of fused-ring (bicyclic) bond motifs is 1. The van der Waals surface area contributed by atoms with E-state index in [1.807, 2.05) is 91.0 Å². The summed E-state index contributed by atoms with van der Waals surface area (Å²) in [7, 11) is 0. The number of nitrogens with zero attached hydrogens (tertiary/aromatic N) is 1. The number of rotatable bonds is 10. The molecule has 6 rings (SSSR count). The molecule has 0 aliphatic carbocycles. The normalized spacial score (nSPS) is 21.7. The van der Waals surface area contributed by atoms with E-state index in [1.165, 1.54) is 4.90 Å². The Kier molecular flexibility index (Phi) is 9.51. The van der Waals surface area contributed by atoms with Crippen LogP contribution < -0.4 is 5.32 Å². The van der Waals surface area contributed by atoms with E-state index < -0.39 is 18.1 Å². The van der Waals surface area contributed by atoms with Gasteiger partial charge >= 0.3 is 5.97 Å². The maximum Gasteiger partial charge on any atom is 0.356 e. The van der Waals surface area contributed by atoms with Crippen molar-refractivity contribution in [3.05, 3.63) is 118 Å². The number of nitrogens with one attached hydrogen (secondary N) is 1. The summed E-state index contributed by atoms with van der Waals surface area (Å²) in [6, 6.07) is 28.0. The van der Waals surface area contributed by atoms with Crippen molar-refractivity contribution < 1.29 is 23.9 Å². The smallest absolute Gasteiger partial charge is 0.356 e. The van der Waals surface area contributed by atoms with E-state index in [1.54, 1.807) is 23.5 Å². The molecule has 1 N–H and O–H groups in total. The van der Waals surface area contributed by atoms with Crippen molar-refractivity contribution >= 4 is 41.3 Å². The highest BCUT2D eigenvalue weighted by molar-refractivity contribution is 8.06. The second kappa shape index (κ2) is 13.8. The van der Waals surface area contributed by atoms with Gasteiger partial charge in [-0.25, -0.2) is 4.79 Å². The van der Waals surface area contributed by atoms with Crippen LogP contribution >= 0.6 is 23.5 Å². The minimum absolute atomic E-state index is 0.116. The molecule has 222 valence electrons. The summed E-state index contributed by atoms with van der Waals surface area (Å²) in [6.07, 6.45) is 2.84. The van der Waals surface area contributed by atoms with Gasteiger partial charge in [0.1, 0.15) is 17.1 Å². The molecule has 3 aliphatic rings. The molecule has 3 unspecified atom stereocenters. The SMILES string of the molecule is O=C(Cc1ccccc1)NC1C(=O)N2C(C(=O)OC(c3ccccc3)c3ccccc3)=C(SCC3CCCCO3)CSC12. The van der Waals surface area contributed by atoms with Gasteiger partial charge in [-0.2, -0.15) is 0 Å². The van der Waals surface area contributed by atoms with Crippen molar-refractivity contribution in [1.82, 2.24) is 10.2 Å². The first-order valence-corrected chi connectivity index (χ1v) is 16.7. The first kappa shape index (κ1) is 29.5. The van der Waals surface area contributed by atoms with Gasteiger partial charge in [-0.3, -0.25) is 14.5 Å². The molecule has 9 heteroatoms. The van der Waals surface area contributed by atoms with E-state index >= 15 is 0 Å². The predicted octanol–water partition coefficient (Wildman–Crippen LogP) is 5.48. The van der Waals surface area contributed by atoms with Gasteiger partial charge in [-0.15, -0.1) is 23.5 Å². The Bertz CT molecular complexity index is 1420. The summed E-state index contributed by atoms with van der Waals surface area (Å²) in [4.78, 5) is 42.9. The molecule has 0 saturated carbocycles. The number of carbonyl (C=O) groups is 3. The summed E-state index contributed by atoms with van der Waals surface area (Å²) in [5, 5.41) is 2.53. The Balaban J connectivity index is 1.24. The molecule has 0 aromatic heterocycles. The number of benzene rings is 3. The van der Waals surface area contributed by atoms with Crippen molar-refractivity contribution in [3.63, 3.8) is 0 Å². The Morgan fingerprint density at radius 1 is 0.953 bits per heavy atom. The summed E-state index contributed by atoms with van der Waals surface area (Å²) in [5.41, 5.74) is 2.84. The fraction of sp³-hybridized carbons (Fsp3) is 0.324. The lowest BCUT2D eigenvalue weighted by molar-refractivity contribution is -0.154. The number of carbonyl (C=O) groups excluding carboxylic acids is 3. The van der Waals surface area contributed by atoms with Crippen LogP contribution in [0.4, 0.5) is 0 Å². The third kappa shape index (κ3) is 6.84. The van der Waals surface area contributed by atoms with Gasteiger partial charge in [0.25, 0.3) is 5.91 Å². The van der Waals surface area contributed by atoms with Crippen molar-refractivity contribution in [1.29, 1.82) is 0 Å². The van der Waals surface area contributed by atoms with E-state index in [9.17, 15) is 14.4 Å². The zero-order chi connectivity index (χ0) is 29.6. The number of esters is 1. The monoisotopic (exact) mass is 614 g/mol. The Morgan fingerprint density at radius 3 is 2.23 bits per heavy atom. The topological polar surface area (TPSA) is 84.9 Å². The van der Waals surface area contributed by atoms with Crippen LogP contribution in [0.1, 0.15) is 42.1 Å². The van der Waals surface area contributed by atoms with Gasteiger partial charge in [0, 0.05) is 23.0 Å². The first-order valence-electron chi connectivity index (χ1n) is 14.6. The Hall–Kier alpha value is -3.53. The van der Waals surface area contributed by atoms with E-state index in [0.29, 0.717) is 11.5 Å². The van der Waals surface area contributed by atoms with E-state index in [4.69, 9.17) is 9.47 Å². The molecular formula is C34H34N2O5S2. The molecule has 2 saturated heterocycles. The number of hydrogen-bond acceptors (Lipinski definition) is 7. The van der Waals surface area contributed by atoms with Crippen LogP contribution in [0.15, 0.2) is 102 Å². The first-order chi connectivity index (χ1) is 21.1. The van der Waals surface area contributed by atoms with Gasteiger partial charge in [0.2, 0.25) is 5.91 Å². The third-order valence-electron chi connectivity index (χ3n) is 7.80. The molecule has 43 heavy (non-hydrogen) atoms. The molecule has 3 heterocycles. The molecule has 3 aromatic carbocycles. The zero-order valence-corrected chi connectivity index (χ0v) is 25.4. The lowest BCUT2D eigenvalue weighted by Gasteiger charge is -2.49. The van der Waals surface area contributed by atoms with E-state index in [0.717, 1.165) is 47.5 Å². The van der Waals surface area contributed by atoms with Gasteiger partial charge < -0.3 is 14.8 Å². The number of hydrogen-bond donors (Lipinski definition) is 1. The molecule has 2 amide bonds. The minimum atomic E-state index is -0.698. The molecule has 0 radical (unpaired) electrons. The maximum absolute atomic E-state index is 14.1.